The van der Waals surface area contributed by atoms with Gasteiger partial charge in [-0.1, -0.05) is 12.1 Å². The number of hydrogen-bond donors (Lipinski definition) is 2. The number of hydrazone groups is 1. The van der Waals surface area contributed by atoms with E-state index in [4.69, 9.17) is 9.47 Å². The fraction of sp³-hybridized carbons (Fsp3) is 0.167. The molecule has 0 saturated carbocycles. The Hall–Kier alpha value is -3.85. The summed E-state index contributed by atoms with van der Waals surface area (Å²) in [7, 11) is -2.20. The number of anilines is 1. The summed E-state index contributed by atoms with van der Waals surface area (Å²) in [4.78, 5) is 12.5. The third kappa shape index (κ3) is 6.33. The van der Waals surface area contributed by atoms with E-state index >= 15 is 0 Å². The molecule has 9 heteroatoms. The SMILES string of the molecule is CCOc1ccc(S(=O)(=O)Nc2ccc(C(=O)N/N=C(\C)c3cccc(OC)c3)cc2)cc1. The van der Waals surface area contributed by atoms with E-state index in [-0.39, 0.29) is 4.90 Å². The van der Waals surface area contributed by atoms with Crippen LogP contribution in [0.2, 0.25) is 0 Å². The van der Waals surface area contributed by atoms with Gasteiger partial charge >= 0.3 is 0 Å². The molecule has 0 saturated heterocycles. The Labute approximate surface area is 193 Å². The first kappa shape index (κ1) is 23.8. The number of nitrogens with one attached hydrogen (secondary N) is 2. The minimum atomic E-state index is -3.77. The maximum atomic E-state index is 12.6. The van der Waals surface area contributed by atoms with Crippen LogP contribution in [0.15, 0.2) is 82.8 Å². The fourth-order valence-electron chi connectivity index (χ4n) is 2.90. The van der Waals surface area contributed by atoms with Crippen LogP contribution in [0.1, 0.15) is 29.8 Å². The summed E-state index contributed by atoms with van der Waals surface area (Å²) in [5.41, 5.74) is 4.59. The molecule has 33 heavy (non-hydrogen) atoms. The summed E-state index contributed by atoms with van der Waals surface area (Å²) in [6.07, 6.45) is 0. The van der Waals surface area contributed by atoms with Crippen molar-refractivity contribution in [1.82, 2.24) is 5.43 Å². The normalized spacial score (nSPS) is 11.5. The average molecular weight is 468 g/mol. The van der Waals surface area contributed by atoms with E-state index in [0.29, 0.717) is 35.1 Å². The number of carbonyl (C=O) groups excluding carboxylic acids is 1. The van der Waals surface area contributed by atoms with Crippen molar-refractivity contribution in [2.24, 2.45) is 5.10 Å². The minimum Gasteiger partial charge on any atom is -0.497 e. The Kier molecular flexibility index (Phi) is 7.68. The van der Waals surface area contributed by atoms with Gasteiger partial charge in [0.25, 0.3) is 15.9 Å². The number of ether oxygens (including phenoxy) is 2. The first-order chi connectivity index (χ1) is 15.8. The molecule has 0 bridgehead atoms. The summed E-state index contributed by atoms with van der Waals surface area (Å²) in [5, 5.41) is 4.13. The maximum absolute atomic E-state index is 12.6. The summed E-state index contributed by atoms with van der Waals surface area (Å²) < 4.78 is 38.2. The lowest BCUT2D eigenvalue weighted by atomic mass is 10.1. The van der Waals surface area contributed by atoms with Crippen LogP contribution >= 0.6 is 0 Å². The molecule has 172 valence electrons. The zero-order chi connectivity index (χ0) is 23.8. The summed E-state index contributed by atoms with van der Waals surface area (Å²) in [5.74, 6) is 0.867. The first-order valence-electron chi connectivity index (χ1n) is 10.2. The highest BCUT2D eigenvalue weighted by molar-refractivity contribution is 7.92. The van der Waals surface area contributed by atoms with Crippen molar-refractivity contribution >= 4 is 27.3 Å². The lowest BCUT2D eigenvalue weighted by Gasteiger charge is -2.10. The van der Waals surface area contributed by atoms with Crippen LogP contribution in [0.5, 0.6) is 11.5 Å². The van der Waals surface area contributed by atoms with E-state index in [1.54, 1.807) is 26.2 Å². The first-order valence-corrected chi connectivity index (χ1v) is 11.7. The smallest absolute Gasteiger partial charge is 0.271 e. The predicted molar refractivity (Wildman–Crippen MR) is 128 cm³/mol. The third-order valence-corrected chi connectivity index (χ3v) is 6.05. The largest absolute Gasteiger partial charge is 0.497 e. The number of methoxy groups -OCH3 is 1. The molecule has 0 aliphatic carbocycles. The minimum absolute atomic E-state index is 0.107. The van der Waals surface area contributed by atoms with Crippen LogP contribution in [0.25, 0.3) is 0 Å². The average Bonchev–Trinajstić information content (AvgIpc) is 2.83. The number of carbonyl (C=O) groups is 1. The highest BCUT2D eigenvalue weighted by Gasteiger charge is 2.15. The van der Waals surface area contributed by atoms with Gasteiger partial charge in [-0.2, -0.15) is 5.10 Å². The number of hydrogen-bond acceptors (Lipinski definition) is 6. The second kappa shape index (κ2) is 10.6. The Morgan fingerprint density at radius 2 is 1.64 bits per heavy atom. The number of amides is 1. The molecule has 0 aliphatic heterocycles. The van der Waals surface area contributed by atoms with Crippen LogP contribution in [-0.4, -0.2) is 33.8 Å². The molecule has 0 aromatic heterocycles. The highest BCUT2D eigenvalue weighted by Crippen LogP contribution is 2.20. The summed E-state index contributed by atoms with van der Waals surface area (Å²) in [6.45, 7) is 4.12. The van der Waals surface area contributed by atoms with Gasteiger partial charge in [-0.15, -0.1) is 0 Å². The molecule has 0 heterocycles. The number of benzene rings is 3. The number of nitrogens with zero attached hydrogens (tertiary/aromatic N) is 1. The summed E-state index contributed by atoms with van der Waals surface area (Å²) in [6, 6.07) is 19.5. The van der Waals surface area contributed by atoms with Crippen LogP contribution < -0.4 is 19.6 Å². The Bertz CT molecular complexity index is 1240. The highest BCUT2D eigenvalue weighted by atomic mass is 32.2. The van der Waals surface area contributed by atoms with Crippen LogP contribution in [0.4, 0.5) is 5.69 Å². The van der Waals surface area contributed by atoms with E-state index in [1.165, 1.54) is 36.4 Å². The van der Waals surface area contributed by atoms with Gasteiger partial charge < -0.3 is 9.47 Å². The molecule has 1 amide bonds. The van der Waals surface area contributed by atoms with Gasteiger partial charge in [-0.3, -0.25) is 9.52 Å². The van der Waals surface area contributed by atoms with Gasteiger partial charge in [-0.25, -0.2) is 13.8 Å². The molecule has 0 radical (unpaired) electrons. The van der Waals surface area contributed by atoms with E-state index in [0.717, 1.165) is 5.56 Å². The third-order valence-electron chi connectivity index (χ3n) is 4.66. The number of sulfonamides is 1. The number of rotatable bonds is 9. The monoisotopic (exact) mass is 467 g/mol. The Morgan fingerprint density at radius 1 is 0.939 bits per heavy atom. The van der Waals surface area contributed by atoms with Gasteiger partial charge in [0.15, 0.2) is 0 Å². The Balaban J connectivity index is 1.64. The van der Waals surface area contributed by atoms with Crippen molar-refractivity contribution in [3.05, 3.63) is 83.9 Å². The Morgan fingerprint density at radius 3 is 2.27 bits per heavy atom. The van der Waals surface area contributed by atoms with Gasteiger partial charge in [0.2, 0.25) is 0 Å². The van der Waals surface area contributed by atoms with Gasteiger partial charge in [-0.05, 0) is 74.5 Å². The molecule has 3 aromatic rings. The van der Waals surface area contributed by atoms with E-state index in [1.807, 2.05) is 31.2 Å². The molecule has 0 aliphatic rings. The zero-order valence-electron chi connectivity index (χ0n) is 18.5. The maximum Gasteiger partial charge on any atom is 0.271 e. The van der Waals surface area contributed by atoms with Crippen molar-refractivity contribution in [3.63, 3.8) is 0 Å². The molecule has 0 atom stereocenters. The summed E-state index contributed by atoms with van der Waals surface area (Å²) >= 11 is 0. The van der Waals surface area contributed by atoms with Crippen LogP contribution in [0, 0.1) is 0 Å². The molecule has 0 fully saturated rings. The van der Waals surface area contributed by atoms with Gasteiger partial charge in [0.05, 0.1) is 24.3 Å². The molecule has 2 N–H and O–H groups in total. The van der Waals surface area contributed by atoms with E-state index < -0.39 is 15.9 Å². The van der Waals surface area contributed by atoms with E-state index in [9.17, 15) is 13.2 Å². The molecule has 3 aromatic carbocycles. The molecular formula is C24H25N3O5S. The fourth-order valence-corrected chi connectivity index (χ4v) is 3.96. The lowest BCUT2D eigenvalue weighted by molar-refractivity contribution is 0.0955. The van der Waals surface area contributed by atoms with Crippen molar-refractivity contribution < 1.29 is 22.7 Å². The molecule has 0 unspecified atom stereocenters. The van der Waals surface area contributed by atoms with Gasteiger partial charge in [0, 0.05) is 16.8 Å². The molecule has 3 rings (SSSR count). The van der Waals surface area contributed by atoms with Crippen molar-refractivity contribution in [3.8, 4) is 11.5 Å². The van der Waals surface area contributed by atoms with Crippen molar-refractivity contribution in [2.45, 2.75) is 18.7 Å². The predicted octanol–water partition coefficient (Wildman–Crippen LogP) is 4.05. The van der Waals surface area contributed by atoms with Crippen molar-refractivity contribution in [2.75, 3.05) is 18.4 Å². The quantitative estimate of drug-likeness (QED) is 0.365. The van der Waals surface area contributed by atoms with Gasteiger partial charge in [0.1, 0.15) is 11.5 Å². The molecule has 8 nitrogen and oxygen atoms in total. The molecular weight excluding hydrogens is 442 g/mol. The zero-order valence-corrected chi connectivity index (χ0v) is 19.3. The second-order valence-electron chi connectivity index (χ2n) is 6.96. The topological polar surface area (TPSA) is 106 Å². The van der Waals surface area contributed by atoms with E-state index in [2.05, 4.69) is 15.2 Å². The van der Waals surface area contributed by atoms with Crippen LogP contribution in [0.3, 0.4) is 0 Å². The second-order valence-corrected chi connectivity index (χ2v) is 8.64. The molecule has 0 spiro atoms. The van der Waals surface area contributed by atoms with Crippen molar-refractivity contribution in [1.29, 1.82) is 0 Å². The van der Waals surface area contributed by atoms with Crippen LogP contribution in [-0.2, 0) is 10.0 Å². The lowest BCUT2D eigenvalue weighted by Crippen LogP contribution is -2.19. The standard InChI is InChI=1S/C24H25N3O5S/c1-4-32-21-12-14-23(15-13-21)33(29,30)27-20-10-8-18(9-11-20)24(28)26-25-17(2)19-6-5-7-22(16-19)31-3/h5-16,27H,4H2,1-3H3,(H,26,28)/b25-17+.